The van der Waals surface area contributed by atoms with Gasteiger partial charge >= 0.3 is 0 Å². The lowest BCUT2D eigenvalue weighted by Crippen LogP contribution is -2.11. The number of aromatic nitrogens is 3. The van der Waals surface area contributed by atoms with Gasteiger partial charge in [0.15, 0.2) is 5.82 Å². The summed E-state index contributed by atoms with van der Waals surface area (Å²) in [5.41, 5.74) is 2.18. The first kappa shape index (κ1) is 14.4. The number of carbonyl (C=O) groups excluding carboxylic acids is 1. The summed E-state index contributed by atoms with van der Waals surface area (Å²) in [6.45, 7) is 0. The summed E-state index contributed by atoms with van der Waals surface area (Å²) in [5.74, 6) is 1.27. The van der Waals surface area contributed by atoms with E-state index in [4.69, 9.17) is 0 Å². The van der Waals surface area contributed by atoms with Crippen LogP contribution in [0.5, 0.6) is 0 Å². The van der Waals surface area contributed by atoms with Crippen LogP contribution in [0.3, 0.4) is 0 Å². The van der Waals surface area contributed by atoms with Crippen molar-refractivity contribution in [2.24, 2.45) is 0 Å². The van der Waals surface area contributed by atoms with Gasteiger partial charge in [0.05, 0.1) is 15.2 Å². The fourth-order valence-electron chi connectivity index (χ4n) is 2.64. The van der Waals surface area contributed by atoms with Gasteiger partial charge in [-0.2, -0.15) is 5.10 Å². The quantitative estimate of drug-likeness (QED) is 0.722. The van der Waals surface area contributed by atoms with Crippen LogP contribution in [0.4, 0.5) is 5.82 Å². The Bertz CT molecular complexity index is 801. The highest BCUT2D eigenvalue weighted by Crippen LogP contribution is 2.39. The van der Waals surface area contributed by atoms with Crippen molar-refractivity contribution in [3.8, 4) is 0 Å². The number of H-pyrrole nitrogens is 1. The average molecular weight is 326 g/mol. The predicted molar refractivity (Wildman–Crippen MR) is 91.8 cm³/mol. The van der Waals surface area contributed by atoms with Crippen molar-refractivity contribution < 1.29 is 4.79 Å². The number of carbonyl (C=O) groups is 1. The second kappa shape index (κ2) is 6.12. The summed E-state index contributed by atoms with van der Waals surface area (Å²) in [7, 11) is 0. The monoisotopic (exact) mass is 326 g/mol. The van der Waals surface area contributed by atoms with E-state index >= 15 is 0 Å². The summed E-state index contributed by atoms with van der Waals surface area (Å²) in [4.78, 5) is 16.6. The van der Waals surface area contributed by atoms with Crippen molar-refractivity contribution in [1.82, 2.24) is 15.2 Å². The highest BCUT2D eigenvalue weighted by atomic mass is 32.1. The smallest absolute Gasteiger partial charge is 0.225 e. The van der Waals surface area contributed by atoms with Crippen LogP contribution in [0.1, 0.15) is 42.3 Å². The van der Waals surface area contributed by atoms with E-state index in [2.05, 4.69) is 26.6 Å². The zero-order valence-electron chi connectivity index (χ0n) is 12.7. The molecular weight excluding hydrogens is 308 g/mol. The van der Waals surface area contributed by atoms with Crippen LogP contribution in [-0.4, -0.2) is 21.1 Å². The van der Waals surface area contributed by atoms with E-state index < -0.39 is 0 Å². The fraction of sp³-hybridized carbons (Fsp3) is 0.353. The van der Waals surface area contributed by atoms with Crippen LogP contribution in [0.25, 0.3) is 10.2 Å². The number of anilines is 1. The van der Waals surface area contributed by atoms with E-state index in [-0.39, 0.29) is 5.91 Å². The Kier molecular flexibility index (Phi) is 3.83. The van der Waals surface area contributed by atoms with Gasteiger partial charge in [-0.3, -0.25) is 9.89 Å². The summed E-state index contributed by atoms with van der Waals surface area (Å²) in [6, 6.07) is 10.1. The van der Waals surface area contributed by atoms with E-state index in [0.29, 0.717) is 18.2 Å². The molecule has 2 N–H and O–H groups in total. The summed E-state index contributed by atoms with van der Waals surface area (Å²) in [6.07, 6.45) is 4.56. The van der Waals surface area contributed by atoms with Crippen LogP contribution < -0.4 is 5.32 Å². The van der Waals surface area contributed by atoms with Crippen molar-refractivity contribution in [3.05, 3.63) is 41.0 Å². The molecule has 5 nitrogen and oxygen atoms in total. The molecule has 1 aliphatic carbocycles. The number of nitrogens with one attached hydrogen (secondary N) is 2. The molecule has 6 heteroatoms. The molecular formula is C17H18N4OS. The highest BCUT2D eigenvalue weighted by Gasteiger charge is 2.25. The predicted octanol–water partition coefficient (Wildman–Crippen LogP) is 3.86. The maximum absolute atomic E-state index is 12.0. The average Bonchev–Trinajstić information content (AvgIpc) is 3.15. The number of para-hydroxylation sites is 1. The Morgan fingerprint density at radius 1 is 1.35 bits per heavy atom. The number of fused-ring (bicyclic) bond motifs is 1. The summed E-state index contributed by atoms with van der Waals surface area (Å²) < 4.78 is 1.20. The van der Waals surface area contributed by atoms with Crippen molar-refractivity contribution in [1.29, 1.82) is 0 Å². The molecule has 1 amide bonds. The van der Waals surface area contributed by atoms with Gasteiger partial charge < -0.3 is 5.32 Å². The van der Waals surface area contributed by atoms with Gasteiger partial charge in [0.25, 0.3) is 0 Å². The van der Waals surface area contributed by atoms with Crippen LogP contribution in [0.15, 0.2) is 30.3 Å². The number of nitrogens with zero attached hydrogens (tertiary/aromatic N) is 2. The number of hydrogen-bond donors (Lipinski definition) is 2. The van der Waals surface area contributed by atoms with Crippen LogP contribution >= 0.6 is 11.3 Å². The standard InChI is InChI=1S/C17H18N4OS/c22-16(19-15-10-13(20-21-15)11-8-9-11)6-3-7-17-18-12-4-1-2-5-14(12)23-17/h1-2,4-5,10-11H,3,6-9H2,(H2,19,20,21,22). The normalized spacial score (nSPS) is 14.3. The molecule has 0 radical (unpaired) electrons. The largest absolute Gasteiger partial charge is 0.309 e. The fourth-order valence-corrected chi connectivity index (χ4v) is 3.65. The lowest BCUT2D eigenvalue weighted by molar-refractivity contribution is -0.116. The highest BCUT2D eigenvalue weighted by molar-refractivity contribution is 7.18. The maximum Gasteiger partial charge on any atom is 0.225 e. The molecule has 0 unspecified atom stereocenters. The molecule has 23 heavy (non-hydrogen) atoms. The van der Waals surface area contributed by atoms with Gasteiger partial charge in [0.1, 0.15) is 0 Å². The molecule has 2 aromatic heterocycles. The van der Waals surface area contributed by atoms with E-state index in [1.165, 1.54) is 17.5 Å². The van der Waals surface area contributed by atoms with Gasteiger partial charge in [-0.1, -0.05) is 12.1 Å². The number of benzene rings is 1. The molecule has 0 aliphatic heterocycles. The second-order valence-corrected chi connectivity index (χ2v) is 7.08. The molecule has 0 bridgehead atoms. The third kappa shape index (κ3) is 3.42. The first-order chi connectivity index (χ1) is 11.3. The minimum Gasteiger partial charge on any atom is -0.309 e. The zero-order chi connectivity index (χ0) is 15.6. The van der Waals surface area contributed by atoms with E-state index in [1.54, 1.807) is 11.3 Å². The third-order valence-electron chi connectivity index (χ3n) is 4.01. The van der Waals surface area contributed by atoms with Gasteiger partial charge in [-0.25, -0.2) is 4.98 Å². The van der Waals surface area contributed by atoms with Crippen LogP contribution in [0.2, 0.25) is 0 Å². The number of rotatable bonds is 6. The lowest BCUT2D eigenvalue weighted by Gasteiger charge is -2.00. The summed E-state index contributed by atoms with van der Waals surface area (Å²) in [5, 5.41) is 11.1. The minimum absolute atomic E-state index is 0.0139. The molecule has 0 atom stereocenters. The first-order valence-electron chi connectivity index (χ1n) is 7.97. The lowest BCUT2D eigenvalue weighted by atomic mass is 10.2. The van der Waals surface area contributed by atoms with Gasteiger partial charge in [0, 0.05) is 24.1 Å². The Morgan fingerprint density at radius 2 is 2.22 bits per heavy atom. The van der Waals surface area contributed by atoms with E-state index in [1.807, 2.05) is 24.3 Å². The van der Waals surface area contributed by atoms with E-state index in [9.17, 15) is 4.79 Å². The molecule has 1 aliphatic rings. The van der Waals surface area contributed by atoms with Crippen molar-refractivity contribution in [3.63, 3.8) is 0 Å². The molecule has 1 fully saturated rings. The Hall–Kier alpha value is -2.21. The Labute approximate surface area is 138 Å². The zero-order valence-corrected chi connectivity index (χ0v) is 13.5. The van der Waals surface area contributed by atoms with Crippen molar-refractivity contribution >= 4 is 33.3 Å². The van der Waals surface area contributed by atoms with Gasteiger partial charge in [-0.15, -0.1) is 11.3 Å². The molecule has 4 rings (SSSR count). The molecule has 3 aromatic rings. The molecule has 2 heterocycles. The number of aromatic amines is 1. The van der Waals surface area contributed by atoms with Crippen LogP contribution in [-0.2, 0) is 11.2 Å². The number of hydrogen-bond acceptors (Lipinski definition) is 4. The Morgan fingerprint density at radius 3 is 3.04 bits per heavy atom. The Balaban J connectivity index is 1.27. The topological polar surface area (TPSA) is 70.7 Å². The van der Waals surface area contributed by atoms with Crippen LogP contribution in [0, 0.1) is 0 Å². The third-order valence-corrected chi connectivity index (χ3v) is 5.11. The molecule has 1 aromatic carbocycles. The molecule has 1 saturated carbocycles. The number of amides is 1. The number of thiazole rings is 1. The maximum atomic E-state index is 12.0. The van der Waals surface area contributed by atoms with Gasteiger partial charge in [-0.05, 0) is 37.8 Å². The minimum atomic E-state index is 0.0139. The number of aryl methyl sites for hydroxylation is 1. The summed E-state index contributed by atoms with van der Waals surface area (Å²) >= 11 is 1.71. The van der Waals surface area contributed by atoms with E-state index in [0.717, 1.165) is 29.1 Å². The molecule has 118 valence electrons. The molecule has 0 saturated heterocycles. The van der Waals surface area contributed by atoms with Crippen molar-refractivity contribution in [2.45, 2.75) is 38.0 Å². The second-order valence-electron chi connectivity index (χ2n) is 5.96. The first-order valence-corrected chi connectivity index (χ1v) is 8.79. The van der Waals surface area contributed by atoms with Gasteiger partial charge in [0.2, 0.25) is 5.91 Å². The van der Waals surface area contributed by atoms with Crippen molar-refractivity contribution in [2.75, 3.05) is 5.32 Å². The SMILES string of the molecule is O=C(CCCc1nc2ccccc2s1)Nc1cc(C2CC2)[nH]n1. The molecule has 0 spiro atoms.